The zero-order valence-corrected chi connectivity index (χ0v) is 20.4. The Labute approximate surface area is 189 Å². The topological polar surface area (TPSA) is 0 Å². The first kappa shape index (κ1) is 26.0. The second kappa shape index (κ2) is 11.1. The van der Waals surface area contributed by atoms with Crippen LogP contribution >= 0.6 is 0 Å². The van der Waals surface area contributed by atoms with Gasteiger partial charge in [-0.05, 0) is 0 Å². The number of halogens is 3. The first-order valence-corrected chi connectivity index (χ1v) is 12.3. The number of rotatable bonds is 5. The van der Waals surface area contributed by atoms with E-state index >= 15 is 0 Å². The molecule has 1 aliphatic carbocycles. The molecule has 0 aliphatic heterocycles. The van der Waals surface area contributed by atoms with Gasteiger partial charge in [0.25, 0.3) is 0 Å². The number of benzene rings is 2. The van der Waals surface area contributed by atoms with Gasteiger partial charge in [0.05, 0.1) is 0 Å². The Morgan fingerprint density at radius 2 is 1.50 bits per heavy atom. The second-order valence-corrected chi connectivity index (χ2v) is 12.0. The molecule has 0 amide bonds. The van der Waals surface area contributed by atoms with Crippen molar-refractivity contribution in [1.82, 2.24) is 0 Å². The van der Waals surface area contributed by atoms with E-state index in [1.54, 1.807) is 16.0 Å². The SMILES string of the molecule is CCCC[Si](C)(C1=C(C)[CH]([Ti+3])c2ccccc21)c1ccccc1.[Cl-].[Cl-].[Cl-]. The molecule has 0 bridgehead atoms. The molecule has 0 radical (unpaired) electrons. The van der Waals surface area contributed by atoms with Crippen LogP contribution in [0.25, 0.3) is 5.20 Å². The van der Waals surface area contributed by atoms with Gasteiger partial charge in [0.15, 0.2) is 0 Å². The minimum atomic E-state index is -1.69. The quantitative estimate of drug-likeness (QED) is 0.406. The van der Waals surface area contributed by atoms with Gasteiger partial charge in [0.2, 0.25) is 0 Å². The van der Waals surface area contributed by atoms with Crippen molar-refractivity contribution in [2.24, 2.45) is 0 Å². The maximum Gasteiger partial charge on any atom is -1.00 e. The molecule has 2 aromatic rings. The molecule has 138 valence electrons. The first-order valence-electron chi connectivity index (χ1n) is 8.66. The van der Waals surface area contributed by atoms with Crippen molar-refractivity contribution >= 4 is 18.5 Å². The average Bonchev–Trinajstić information content (AvgIpc) is 2.85. The van der Waals surface area contributed by atoms with Crippen molar-refractivity contribution < 1.29 is 57.7 Å². The van der Waals surface area contributed by atoms with E-state index in [1.807, 2.05) is 0 Å². The minimum Gasteiger partial charge on any atom is -1.00 e. The van der Waals surface area contributed by atoms with E-state index in [-0.39, 0.29) is 37.2 Å². The number of unbranched alkanes of at least 4 members (excludes halogenated alkanes) is 1. The maximum atomic E-state index is 2.59. The number of hydrogen-bond acceptors (Lipinski definition) is 0. The standard InChI is InChI=1S/C21H25Si.3ClH.Ti/c1-4-5-15-22(3,19-12-7-6-8-13-19)21-17(2)16-18-11-9-10-14-20(18)21;;;;/h6-14,16H,4-5,15H2,1-3H3;3*1H;/q;;;;+3/p-3. The molecular weight excluding hydrogens is 435 g/mol. The monoisotopic (exact) mass is 458 g/mol. The van der Waals surface area contributed by atoms with Gasteiger partial charge in [-0.2, -0.15) is 0 Å². The molecule has 0 fully saturated rings. The molecule has 3 rings (SSSR count). The normalized spacial score (nSPS) is 17.3. The van der Waals surface area contributed by atoms with Crippen LogP contribution in [0, 0.1) is 0 Å². The Morgan fingerprint density at radius 3 is 2.12 bits per heavy atom. The molecule has 0 nitrogen and oxygen atoms in total. The van der Waals surface area contributed by atoms with Crippen LogP contribution in [-0.2, 0) is 20.4 Å². The summed E-state index contributed by atoms with van der Waals surface area (Å²) in [6.45, 7) is 7.28. The van der Waals surface area contributed by atoms with E-state index in [9.17, 15) is 0 Å². The van der Waals surface area contributed by atoms with Gasteiger partial charge in [-0.1, -0.05) is 0 Å². The van der Waals surface area contributed by atoms with E-state index in [4.69, 9.17) is 0 Å². The fourth-order valence-electron chi connectivity index (χ4n) is 4.05. The third-order valence-electron chi connectivity index (χ3n) is 5.36. The fraction of sp³-hybridized carbons (Fsp3) is 0.333. The van der Waals surface area contributed by atoms with Crippen LogP contribution in [0.4, 0.5) is 0 Å². The van der Waals surface area contributed by atoms with Gasteiger partial charge >= 0.3 is 154 Å². The van der Waals surface area contributed by atoms with E-state index in [2.05, 4.69) is 95.4 Å². The molecule has 5 heteroatoms. The molecule has 0 saturated carbocycles. The largest absolute Gasteiger partial charge is 1.00 e. The summed E-state index contributed by atoms with van der Waals surface area (Å²) in [6, 6.07) is 21.8. The van der Waals surface area contributed by atoms with Crippen LogP contribution in [0.2, 0.25) is 12.6 Å². The average molecular weight is 460 g/mol. The molecule has 0 N–H and O–H groups in total. The van der Waals surface area contributed by atoms with Crippen LogP contribution in [0.15, 0.2) is 60.2 Å². The predicted octanol–water partition coefficient (Wildman–Crippen LogP) is -3.60. The van der Waals surface area contributed by atoms with Crippen molar-refractivity contribution in [3.63, 3.8) is 0 Å². The summed E-state index contributed by atoms with van der Waals surface area (Å²) >= 11 is 2.38. The van der Waals surface area contributed by atoms with E-state index < -0.39 is 8.07 Å². The molecule has 2 unspecified atom stereocenters. The molecule has 1 aliphatic rings. The third-order valence-corrected chi connectivity index (χ3v) is 11.3. The van der Waals surface area contributed by atoms with Crippen LogP contribution in [0.5, 0.6) is 0 Å². The second-order valence-electron chi connectivity index (χ2n) is 6.88. The number of allylic oxidation sites excluding steroid dienone is 1. The van der Waals surface area contributed by atoms with E-state index in [0.29, 0.717) is 4.22 Å². The Hall–Kier alpha value is -0.0188. The van der Waals surface area contributed by atoms with Gasteiger partial charge in [0.1, 0.15) is 0 Å². The number of fused-ring (bicyclic) bond motifs is 1. The summed E-state index contributed by atoms with van der Waals surface area (Å²) in [5.41, 5.74) is 4.68. The summed E-state index contributed by atoms with van der Waals surface area (Å²) < 4.78 is 0.568. The summed E-state index contributed by atoms with van der Waals surface area (Å²) in [5, 5.41) is 3.30. The Bertz CT molecular complexity index is 733. The maximum absolute atomic E-state index is 2.59. The van der Waals surface area contributed by atoms with Crippen LogP contribution in [0.1, 0.15) is 42.0 Å². The third kappa shape index (κ3) is 4.69. The van der Waals surface area contributed by atoms with Gasteiger partial charge < -0.3 is 37.2 Å². The van der Waals surface area contributed by atoms with Crippen LogP contribution in [-0.4, -0.2) is 8.07 Å². The minimum absolute atomic E-state index is 0. The van der Waals surface area contributed by atoms with E-state index in [1.165, 1.54) is 30.0 Å². The molecule has 2 atom stereocenters. The molecule has 0 saturated heterocycles. The van der Waals surface area contributed by atoms with Crippen molar-refractivity contribution in [3.8, 4) is 0 Å². The van der Waals surface area contributed by atoms with Gasteiger partial charge in [-0.25, -0.2) is 0 Å². The van der Waals surface area contributed by atoms with Crippen molar-refractivity contribution in [2.45, 2.75) is 43.5 Å². The molecule has 2 aromatic carbocycles. The van der Waals surface area contributed by atoms with Gasteiger partial charge in [-0.3, -0.25) is 0 Å². The van der Waals surface area contributed by atoms with Crippen molar-refractivity contribution in [3.05, 3.63) is 71.3 Å². The molecule has 0 aromatic heterocycles. The fourth-order valence-corrected chi connectivity index (χ4v) is 9.55. The zero-order valence-electron chi connectivity index (χ0n) is 15.5. The predicted molar refractivity (Wildman–Crippen MR) is 99.2 cm³/mol. The first-order chi connectivity index (χ1) is 11.1. The summed E-state index contributed by atoms with van der Waals surface area (Å²) in [4.78, 5) is 0. The van der Waals surface area contributed by atoms with Crippen molar-refractivity contribution in [1.29, 1.82) is 0 Å². The van der Waals surface area contributed by atoms with Gasteiger partial charge in [-0.15, -0.1) is 0 Å². The molecular formula is C21H25Cl3SiTi. The number of hydrogen-bond donors (Lipinski definition) is 0. The Balaban J connectivity index is 0.00000208. The van der Waals surface area contributed by atoms with Gasteiger partial charge in [0, 0.05) is 0 Å². The Kier molecular flexibility index (Phi) is 11.1. The summed E-state index contributed by atoms with van der Waals surface area (Å²) in [7, 11) is -1.69. The molecule has 0 spiro atoms. The van der Waals surface area contributed by atoms with E-state index in [0.717, 1.165) is 0 Å². The zero-order chi connectivity index (χ0) is 16.4. The van der Waals surface area contributed by atoms with Crippen LogP contribution in [0.3, 0.4) is 0 Å². The summed E-state index contributed by atoms with van der Waals surface area (Å²) in [5.74, 6) is 0. The van der Waals surface area contributed by atoms with Crippen LogP contribution < -0.4 is 42.4 Å². The Morgan fingerprint density at radius 1 is 0.923 bits per heavy atom. The van der Waals surface area contributed by atoms with Crippen molar-refractivity contribution in [2.75, 3.05) is 0 Å². The smallest absolute Gasteiger partial charge is 1.00 e. The summed E-state index contributed by atoms with van der Waals surface area (Å²) in [6.07, 6.45) is 2.60. The molecule has 26 heavy (non-hydrogen) atoms. The molecule has 0 heterocycles.